The molecule has 3 nitrogen and oxygen atoms in total. The van der Waals surface area contributed by atoms with E-state index in [1.54, 1.807) is 7.11 Å². The average molecular weight is 182 g/mol. The van der Waals surface area contributed by atoms with Crippen molar-refractivity contribution in [2.45, 2.75) is 31.8 Å². The van der Waals surface area contributed by atoms with Crippen molar-refractivity contribution in [1.29, 1.82) is 5.26 Å². The fourth-order valence-electron chi connectivity index (χ4n) is 1.75. The van der Waals surface area contributed by atoms with E-state index < -0.39 is 0 Å². The number of piperidine rings is 1. The number of hydrogen-bond donors (Lipinski definition) is 0. The molecule has 74 valence electrons. The Hall–Kier alpha value is -0.590. The number of nitriles is 1. The smallest absolute Gasteiger partial charge is 0.0622 e. The van der Waals surface area contributed by atoms with E-state index in [9.17, 15) is 0 Å². The van der Waals surface area contributed by atoms with Gasteiger partial charge in [0.05, 0.1) is 12.2 Å². The van der Waals surface area contributed by atoms with E-state index in [0.29, 0.717) is 12.5 Å². The standard InChI is InChI=1S/C10H18N2O/c1-13-10-4-8-12(9-5-10)7-3-2-6-11/h10H,2-5,7-9H2,1H3. The third-order valence-electron chi connectivity index (χ3n) is 2.63. The van der Waals surface area contributed by atoms with Crippen LogP contribution in [-0.2, 0) is 4.74 Å². The summed E-state index contributed by atoms with van der Waals surface area (Å²) in [5.41, 5.74) is 0. The second-order valence-corrected chi connectivity index (χ2v) is 3.54. The van der Waals surface area contributed by atoms with Crippen molar-refractivity contribution in [3.05, 3.63) is 0 Å². The monoisotopic (exact) mass is 182 g/mol. The molecule has 1 saturated heterocycles. The molecule has 1 aliphatic rings. The summed E-state index contributed by atoms with van der Waals surface area (Å²) in [6, 6.07) is 2.18. The van der Waals surface area contributed by atoms with E-state index >= 15 is 0 Å². The van der Waals surface area contributed by atoms with Crippen LogP contribution in [0.4, 0.5) is 0 Å². The lowest BCUT2D eigenvalue weighted by molar-refractivity contribution is 0.0410. The molecule has 0 unspecified atom stereocenters. The Morgan fingerprint density at radius 3 is 2.69 bits per heavy atom. The molecule has 0 radical (unpaired) electrons. The predicted molar refractivity (Wildman–Crippen MR) is 51.3 cm³/mol. The third-order valence-corrected chi connectivity index (χ3v) is 2.63. The second-order valence-electron chi connectivity index (χ2n) is 3.54. The van der Waals surface area contributed by atoms with Crippen LogP contribution in [0.3, 0.4) is 0 Å². The van der Waals surface area contributed by atoms with E-state index in [4.69, 9.17) is 10.00 Å². The first kappa shape index (κ1) is 10.5. The molecule has 0 aliphatic carbocycles. The van der Waals surface area contributed by atoms with Crippen molar-refractivity contribution in [2.24, 2.45) is 0 Å². The largest absolute Gasteiger partial charge is 0.381 e. The number of nitrogens with zero attached hydrogens (tertiary/aromatic N) is 2. The van der Waals surface area contributed by atoms with Crippen LogP contribution in [0.25, 0.3) is 0 Å². The third kappa shape index (κ3) is 3.75. The van der Waals surface area contributed by atoms with Gasteiger partial charge in [-0.1, -0.05) is 0 Å². The first-order valence-corrected chi connectivity index (χ1v) is 4.99. The van der Waals surface area contributed by atoms with Crippen molar-refractivity contribution in [3.8, 4) is 6.07 Å². The van der Waals surface area contributed by atoms with Gasteiger partial charge in [-0.05, 0) is 25.8 Å². The maximum absolute atomic E-state index is 8.39. The fourth-order valence-corrected chi connectivity index (χ4v) is 1.75. The van der Waals surface area contributed by atoms with Gasteiger partial charge in [0.25, 0.3) is 0 Å². The van der Waals surface area contributed by atoms with Gasteiger partial charge >= 0.3 is 0 Å². The van der Waals surface area contributed by atoms with Crippen molar-refractivity contribution >= 4 is 0 Å². The Morgan fingerprint density at radius 1 is 1.46 bits per heavy atom. The van der Waals surface area contributed by atoms with Crippen LogP contribution in [0.5, 0.6) is 0 Å². The van der Waals surface area contributed by atoms with E-state index in [2.05, 4.69) is 11.0 Å². The second kappa shape index (κ2) is 5.95. The first-order chi connectivity index (χ1) is 6.36. The Morgan fingerprint density at radius 2 is 2.15 bits per heavy atom. The minimum Gasteiger partial charge on any atom is -0.381 e. The molecule has 0 saturated carbocycles. The fraction of sp³-hybridized carbons (Fsp3) is 0.900. The van der Waals surface area contributed by atoms with Crippen molar-refractivity contribution in [1.82, 2.24) is 4.90 Å². The molecule has 1 aliphatic heterocycles. The quantitative estimate of drug-likeness (QED) is 0.617. The minimum absolute atomic E-state index is 0.465. The summed E-state index contributed by atoms with van der Waals surface area (Å²) in [6.07, 6.45) is 4.44. The van der Waals surface area contributed by atoms with Gasteiger partial charge in [-0.3, -0.25) is 0 Å². The lowest BCUT2D eigenvalue weighted by Crippen LogP contribution is -2.37. The Balaban J connectivity index is 2.07. The van der Waals surface area contributed by atoms with Crippen LogP contribution in [0, 0.1) is 11.3 Å². The molecule has 0 amide bonds. The van der Waals surface area contributed by atoms with Crippen LogP contribution in [0.1, 0.15) is 25.7 Å². The van der Waals surface area contributed by atoms with Crippen LogP contribution in [0.2, 0.25) is 0 Å². The number of unbranched alkanes of at least 4 members (excludes halogenated alkanes) is 1. The summed E-state index contributed by atoms with van der Waals surface area (Å²) in [4.78, 5) is 2.42. The minimum atomic E-state index is 0.465. The molecule has 0 aromatic heterocycles. The van der Waals surface area contributed by atoms with Gasteiger partial charge in [0.1, 0.15) is 0 Å². The summed E-state index contributed by atoms with van der Waals surface area (Å²) in [7, 11) is 1.79. The predicted octanol–water partition coefficient (Wildman–Crippen LogP) is 1.40. The van der Waals surface area contributed by atoms with Gasteiger partial charge in [0, 0.05) is 26.6 Å². The number of methoxy groups -OCH3 is 1. The molecule has 0 N–H and O–H groups in total. The van der Waals surface area contributed by atoms with Crippen LogP contribution >= 0.6 is 0 Å². The van der Waals surface area contributed by atoms with Gasteiger partial charge in [0.2, 0.25) is 0 Å². The highest BCUT2D eigenvalue weighted by molar-refractivity contribution is 4.74. The van der Waals surface area contributed by atoms with E-state index in [-0.39, 0.29) is 0 Å². The van der Waals surface area contributed by atoms with Gasteiger partial charge < -0.3 is 9.64 Å². The highest BCUT2D eigenvalue weighted by atomic mass is 16.5. The average Bonchev–Trinajstić information content (AvgIpc) is 2.19. The molecule has 1 fully saturated rings. The molecular weight excluding hydrogens is 164 g/mol. The van der Waals surface area contributed by atoms with Crippen molar-refractivity contribution in [2.75, 3.05) is 26.7 Å². The molecule has 0 spiro atoms. The summed E-state index contributed by atoms with van der Waals surface area (Å²) in [6.45, 7) is 3.33. The first-order valence-electron chi connectivity index (χ1n) is 4.99. The highest BCUT2D eigenvalue weighted by Gasteiger charge is 2.17. The molecule has 0 aromatic rings. The van der Waals surface area contributed by atoms with E-state index in [0.717, 1.165) is 38.9 Å². The Labute approximate surface area is 80.3 Å². The lowest BCUT2D eigenvalue weighted by Gasteiger charge is -2.30. The molecule has 3 heteroatoms. The summed E-state index contributed by atoms with van der Waals surface area (Å²) < 4.78 is 5.29. The highest BCUT2D eigenvalue weighted by Crippen LogP contribution is 2.12. The van der Waals surface area contributed by atoms with Crippen molar-refractivity contribution < 1.29 is 4.74 Å². The van der Waals surface area contributed by atoms with Crippen molar-refractivity contribution in [3.63, 3.8) is 0 Å². The molecule has 0 bridgehead atoms. The van der Waals surface area contributed by atoms with E-state index in [1.165, 1.54) is 0 Å². The van der Waals surface area contributed by atoms with Gasteiger partial charge in [0.15, 0.2) is 0 Å². The maximum atomic E-state index is 8.39. The molecule has 0 atom stereocenters. The van der Waals surface area contributed by atoms with Crippen LogP contribution < -0.4 is 0 Å². The SMILES string of the molecule is COC1CCN(CCCC#N)CC1. The van der Waals surface area contributed by atoms with Gasteiger partial charge in [-0.15, -0.1) is 0 Å². The zero-order valence-corrected chi connectivity index (χ0v) is 8.33. The molecule has 1 heterocycles. The molecule has 0 aromatic carbocycles. The van der Waals surface area contributed by atoms with E-state index in [1.807, 2.05) is 0 Å². The number of rotatable bonds is 4. The number of likely N-dealkylation sites (tertiary alicyclic amines) is 1. The normalized spacial score (nSPS) is 20.0. The summed E-state index contributed by atoms with van der Waals surface area (Å²) in [5, 5.41) is 8.39. The Kier molecular flexibility index (Phi) is 4.81. The van der Waals surface area contributed by atoms with Crippen LogP contribution in [0.15, 0.2) is 0 Å². The topological polar surface area (TPSA) is 36.3 Å². The molecule has 1 rings (SSSR count). The Bertz CT molecular complexity index is 168. The van der Waals surface area contributed by atoms with Crippen LogP contribution in [-0.4, -0.2) is 37.7 Å². The summed E-state index contributed by atoms with van der Waals surface area (Å²) in [5.74, 6) is 0. The molecule has 13 heavy (non-hydrogen) atoms. The zero-order chi connectivity index (χ0) is 9.52. The summed E-state index contributed by atoms with van der Waals surface area (Å²) >= 11 is 0. The van der Waals surface area contributed by atoms with Gasteiger partial charge in [-0.25, -0.2) is 0 Å². The zero-order valence-electron chi connectivity index (χ0n) is 8.33. The van der Waals surface area contributed by atoms with Gasteiger partial charge in [-0.2, -0.15) is 5.26 Å². The molecular formula is C10H18N2O. The lowest BCUT2D eigenvalue weighted by atomic mass is 10.1. The number of hydrogen-bond acceptors (Lipinski definition) is 3. The number of ether oxygens (including phenoxy) is 1. The maximum Gasteiger partial charge on any atom is 0.0622 e.